The van der Waals surface area contributed by atoms with Crippen LogP contribution in [0.5, 0.6) is 0 Å². The first-order chi connectivity index (χ1) is 25.9. The van der Waals surface area contributed by atoms with E-state index in [1.54, 1.807) is 0 Å². The summed E-state index contributed by atoms with van der Waals surface area (Å²) in [6.45, 7) is 16.4. The van der Waals surface area contributed by atoms with Crippen LogP contribution in [0.4, 0.5) is 11.4 Å². The van der Waals surface area contributed by atoms with Gasteiger partial charge in [0.2, 0.25) is 0 Å². The summed E-state index contributed by atoms with van der Waals surface area (Å²) in [7, 11) is 0. The van der Waals surface area contributed by atoms with Gasteiger partial charge in [-0.05, 0) is 135 Å². The Balaban J connectivity index is 0.000000609. The second-order valence-electron chi connectivity index (χ2n) is 13.7. The van der Waals surface area contributed by atoms with Crippen LogP contribution in [-0.4, -0.2) is 29.6 Å². The van der Waals surface area contributed by atoms with Gasteiger partial charge < -0.3 is 15.5 Å². The zero-order valence-corrected chi connectivity index (χ0v) is 32.3. The number of hydrogen-bond acceptors (Lipinski definition) is 3. The van der Waals surface area contributed by atoms with Gasteiger partial charge in [-0.3, -0.25) is 0 Å². The Bertz CT molecular complexity index is 1960. The van der Waals surface area contributed by atoms with E-state index < -0.39 is 0 Å². The number of fused-ring (bicyclic) bond motifs is 3. The summed E-state index contributed by atoms with van der Waals surface area (Å²) in [6, 6.07) is 29.1. The van der Waals surface area contributed by atoms with Crippen molar-refractivity contribution in [3.8, 4) is 0 Å². The van der Waals surface area contributed by atoms with Gasteiger partial charge in [0.25, 0.3) is 0 Å². The minimum Gasteiger partial charge on any atom is -0.368 e. The van der Waals surface area contributed by atoms with Gasteiger partial charge in [0.05, 0.1) is 6.04 Å². The molecule has 2 heterocycles. The third kappa shape index (κ3) is 9.74. The van der Waals surface area contributed by atoms with Crippen molar-refractivity contribution in [2.45, 2.75) is 72.0 Å². The van der Waals surface area contributed by atoms with Crippen LogP contribution in [0.3, 0.4) is 0 Å². The lowest BCUT2D eigenvalue weighted by Crippen LogP contribution is -2.35. The highest BCUT2D eigenvalue weighted by atomic mass is 15.2. The van der Waals surface area contributed by atoms with Crippen molar-refractivity contribution in [3.63, 3.8) is 0 Å². The highest BCUT2D eigenvalue weighted by Crippen LogP contribution is 2.43. The molecule has 1 aliphatic carbocycles. The molecule has 0 aromatic heterocycles. The van der Waals surface area contributed by atoms with Crippen LogP contribution in [0.15, 0.2) is 182 Å². The van der Waals surface area contributed by atoms with Crippen LogP contribution in [0.25, 0.3) is 16.7 Å². The van der Waals surface area contributed by atoms with Crippen LogP contribution >= 0.6 is 0 Å². The fourth-order valence-corrected chi connectivity index (χ4v) is 7.31. The zero-order valence-electron chi connectivity index (χ0n) is 32.3. The highest BCUT2D eigenvalue weighted by Gasteiger charge is 2.28. The third-order valence-electron chi connectivity index (χ3n) is 10.1. The maximum atomic E-state index is 5.24. The molecule has 3 unspecified atom stereocenters. The number of nitrogens with two attached hydrogens (primary N) is 1. The second kappa shape index (κ2) is 19.5. The molecule has 3 nitrogen and oxygen atoms in total. The van der Waals surface area contributed by atoms with Crippen molar-refractivity contribution >= 4 is 28.1 Å². The summed E-state index contributed by atoms with van der Waals surface area (Å²) in [5.74, 6) is 0. The van der Waals surface area contributed by atoms with Crippen molar-refractivity contribution in [3.05, 3.63) is 198 Å². The molecule has 0 amide bonds. The predicted molar refractivity (Wildman–Crippen MR) is 233 cm³/mol. The molecule has 3 heteroatoms. The van der Waals surface area contributed by atoms with Crippen LogP contribution in [0, 0.1) is 0 Å². The number of allylic oxidation sites excluding steroid dienone is 13. The number of benzene rings is 3. The van der Waals surface area contributed by atoms with Gasteiger partial charge in [-0.2, -0.15) is 0 Å². The fraction of sp³-hybridized carbons (Fsp3) is 0.240. The van der Waals surface area contributed by atoms with Crippen LogP contribution in [0.1, 0.15) is 70.6 Å². The Morgan fingerprint density at radius 3 is 2.42 bits per heavy atom. The molecular formula is C50H57N3. The summed E-state index contributed by atoms with van der Waals surface area (Å²) < 4.78 is 0. The first-order valence-electron chi connectivity index (χ1n) is 19.2. The Morgan fingerprint density at radius 2 is 1.72 bits per heavy atom. The maximum absolute atomic E-state index is 5.24. The van der Waals surface area contributed by atoms with Crippen molar-refractivity contribution in [2.24, 2.45) is 5.73 Å². The molecule has 0 saturated carbocycles. The van der Waals surface area contributed by atoms with Crippen LogP contribution in [-0.2, 0) is 0 Å². The van der Waals surface area contributed by atoms with E-state index in [0.717, 1.165) is 31.4 Å². The number of anilines is 2. The van der Waals surface area contributed by atoms with Crippen molar-refractivity contribution in [1.29, 1.82) is 0 Å². The molecule has 3 aromatic rings. The average molecular weight is 700 g/mol. The molecule has 0 fully saturated rings. The number of rotatable bonds is 9. The molecule has 2 N–H and O–H groups in total. The van der Waals surface area contributed by atoms with E-state index >= 15 is 0 Å². The quantitative estimate of drug-likeness (QED) is 0.226. The zero-order chi connectivity index (χ0) is 37.6. The van der Waals surface area contributed by atoms with E-state index in [2.05, 4.69) is 190 Å². The van der Waals surface area contributed by atoms with Gasteiger partial charge in [-0.25, -0.2) is 0 Å². The summed E-state index contributed by atoms with van der Waals surface area (Å²) in [4.78, 5) is 4.93. The summed E-state index contributed by atoms with van der Waals surface area (Å²) in [5.41, 5.74) is 17.6. The molecule has 6 rings (SSSR count). The molecule has 2 bridgehead atoms. The first-order valence-corrected chi connectivity index (χ1v) is 19.2. The lowest BCUT2D eigenvalue weighted by Gasteiger charge is -2.36. The molecule has 0 saturated heterocycles. The molecule has 0 radical (unpaired) electrons. The topological polar surface area (TPSA) is 32.5 Å². The second-order valence-corrected chi connectivity index (χ2v) is 13.7. The van der Waals surface area contributed by atoms with E-state index in [9.17, 15) is 0 Å². The SMILES string of the molecule is C/C=C\C=C/CCN.C=C1/C(c2ccc3c(c2)C2=CC(C=CC=C2)N3c2ccccc2)=C\C=C/N(C(C)/C=C(\CC)c2ccccc2)C(C)C/C1=C\C. The molecule has 53 heavy (non-hydrogen) atoms. The molecule has 272 valence electrons. The van der Waals surface area contributed by atoms with Crippen molar-refractivity contribution in [2.75, 3.05) is 11.4 Å². The summed E-state index contributed by atoms with van der Waals surface area (Å²) in [6.07, 6.45) is 33.6. The molecule has 3 aliphatic rings. The van der Waals surface area contributed by atoms with Gasteiger partial charge in [-0.1, -0.05) is 135 Å². The highest BCUT2D eigenvalue weighted by molar-refractivity contribution is 5.93. The predicted octanol–water partition coefficient (Wildman–Crippen LogP) is 12.6. The lowest BCUT2D eigenvalue weighted by molar-refractivity contribution is 0.260. The Kier molecular flexibility index (Phi) is 14.3. The minimum atomic E-state index is 0.172. The van der Waals surface area contributed by atoms with Crippen molar-refractivity contribution in [1.82, 2.24) is 4.90 Å². The van der Waals surface area contributed by atoms with Crippen molar-refractivity contribution < 1.29 is 0 Å². The molecule has 2 aliphatic heterocycles. The Hall–Kier alpha value is -5.38. The van der Waals surface area contributed by atoms with Gasteiger partial charge in [0.1, 0.15) is 0 Å². The van der Waals surface area contributed by atoms with E-state index in [1.165, 1.54) is 50.4 Å². The van der Waals surface area contributed by atoms with Gasteiger partial charge >= 0.3 is 0 Å². The average Bonchev–Trinajstić information content (AvgIpc) is 3.38. The number of para-hydroxylation sites is 1. The fourth-order valence-electron chi connectivity index (χ4n) is 7.31. The lowest BCUT2D eigenvalue weighted by atomic mass is 9.86. The van der Waals surface area contributed by atoms with Crippen LogP contribution < -0.4 is 10.6 Å². The van der Waals surface area contributed by atoms with E-state index in [0.29, 0.717) is 6.04 Å². The van der Waals surface area contributed by atoms with E-state index in [-0.39, 0.29) is 12.1 Å². The number of hydrogen-bond donors (Lipinski definition) is 1. The third-order valence-corrected chi connectivity index (χ3v) is 10.1. The standard InChI is InChI=1S/C43H44N2.C7H13N/c1-6-34-27-31(3)44(32(4)28-35(7-2)36-17-10-8-11-18-36)26-16-23-41(33(34)5)38-24-25-43-42(30-38)37-19-14-15-22-40(29-37)45(43)39-20-12-9-13-21-39;1-2-3-4-5-6-7-8/h6,8-26,28-32,40H,5,7,27H2,1-4H3;2-5H,6-8H2,1H3/b26-16-,34-6+,35-28+,41-23+;3-2-,5-4-. The molecule has 3 atom stereocenters. The number of nitrogens with zero attached hydrogens (tertiary/aromatic N) is 2. The molecule has 0 spiro atoms. The summed E-state index contributed by atoms with van der Waals surface area (Å²) >= 11 is 0. The van der Waals surface area contributed by atoms with Crippen LogP contribution in [0.2, 0.25) is 0 Å². The van der Waals surface area contributed by atoms with Gasteiger partial charge in [-0.15, -0.1) is 0 Å². The largest absolute Gasteiger partial charge is 0.368 e. The van der Waals surface area contributed by atoms with Gasteiger partial charge in [0.15, 0.2) is 0 Å². The normalized spacial score (nSPS) is 21.5. The monoisotopic (exact) mass is 699 g/mol. The smallest absolute Gasteiger partial charge is 0.0718 e. The maximum Gasteiger partial charge on any atom is 0.0718 e. The first kappa shape index (κ1) is 38.8. The van der Waals surface area contributed by atoms with E-state index in [4.69, 9.17) is 5.73 Å². The molecule has 3 aromatic carbocycles. The Morgan fingerprint density at radius 1 is 0.962 bits per heavy atom. The molecular weight excluding hydrogens is 643 g/mol. The minimum absolute atomic E-state index is 0.172. The van der Waals surface area contributed by atoms with Gasteiger partial charge in [0, 0.05) is 29.0 Å². The Labute approximate surface area is 319 Å². The van der Waals surface area contributed by atoms with E-state index in [1.807, 2.05) is 25.2 Å². The summed E-state index contributed by atoms with van der Waals surface area (Å²) in [5, 5.41) is 0.